The van der Waals surface area contributed by atoms with Gasteiger partial charge >= 0.3 is 5.97 Å². The lowest BCUT2D eigenvalue weighted by Crippen LogP contribution is -2.12. The topological polar surface area (TPSA) is 101 Å². The van der Waals surface area contributed by atoms with Crippen molar-refractivity contribution in [3.8, 4) is 16.4 Å². The molecule has 0 saturated heterocycles. The van der Waals surface area contributed by atoms with E-state index in [1.54, 1.807) is 9.36 Å². The Morgan fingerprint density at radius 2 is 2.03 bits per heavy atom. The van der Waals surface area contributed by atoms with Crippen LogP contribution in [0.5, 0.6) is 0 Å². The first-order chi connectivity index (χ1) is 14.3. The molecule has 1 aromatic carbocycles. The summed E-state index contributed by atoms with van der Waals surface area (Å²) in [6.07, 6.45) is 1.96. The number of thiophene rings is 1. The van der Waals surface area contributed by atoms with Gasteiger partial charge in [-0.25, -0.2) is 14.2 Å². The summed E-state index contributed by atoms with van der Waals surface area (Å²) in [6.45, 7) is 2.73. The van der Waals surface area contributed by atoms with Gasteiger partial charge in [0.05, 0.1) is 10.6 Å². The molecule has 0 unspecified atom stereocenters. The van der Waals surface area contributed by atoms with Crippen LogP contribution in [0.15, 0.2) is 47.8 Å². The molecule has 0 N–H and O–H groups in total. The van der Waals surface area contributed by atoms with Gasteiger partial charge in [0.15, 0.2) is 18.3 Å². The zero-order valence-corrected chi connectivity index (χ0v) is 16.6. The number of hydrogen-bond acceptors (Lipinski definition) is 8. The smallest absolute Gasteiger partial charge is 0.378 e. The summed E-state index contributed by atoms with van der Waals surface area (Å²) >= 11 is 1.53. The molecule has 3 aromatic heterocycles. The number of aromatic nitrogens is 7. The van der Waals surface area contributed by atoms with Crippen LogP contribution in [-0.4, -0.2) is 40.9 Å². The van der Waals surface area contributed by atoms with E-state index >= 15 is 0 Å². The van der Waals surface area contributed by atoms with Gasteiger partial charge in [0.1, 0.15) is 0 Å². The van der Waals surface area contributed by atoms with Gasteiger partial charge in [0, 0.05) is 6.54 Å². The summed E-state index contributed by atoms with van der Waals surface area (Å²) in [4.78, 5) is 17.9. The molecule has 0 aliphatic carbocycles. The van der Waals surface area contributed by atoms with E-state index in [-0.39, 0.29) is 12.4 Å². The van der Waals surface area contributed by atoms with E-state index < -0.39 is 5.97 Å². The monoisotopic (exact) mass is 409 g/mol. The first-order valence-corrected chi connectivity index (χ1v) is 10.1. The van der Waals surface area contributed by atoms with E-state index in [9.17, 15) is 4.79 Å². The van der Waals surface area contributed by atoms with Crippen LogP contribution in [0.3, 0.4) is 0 Å². The second kappa shape index (κ2) is 8.74. The molecule has 4 aromatic rings. The zero-order valence-electron chi connectivity index (χ0n) is 15.8. The molecule has 0 spiro atoms. The second-order valence-corrected chi connectivity index (χ2v) is 7.18. The number of para-hydroxylation sites is 1. The number of ether oxygens (including phenoxy) is 1. The molecule has 0 atom stereocenters. The van der Waals surface area contributed by atoms with E-state index in [0.717, 1.165) is 23.4 Å². The number of carbonyl (C=O) groups excluding carboxylic acids is 1. The van der Waals surface area contributed by atoms with E-state index in [4.69, 9.17) is 4.74 Å². The molecule has 148 valence electrons. The van der Waals surface area contributed by atoms with Crippen LogP contribution in [0.1, 0.15) is 36.2 Å². The molecular weight excluding hydrogens is 390 g/mol. The maximum absolute atomic E-state index is 12.6. The van der Waals surface area contributed by atoms with Crippen molar-refractivity contribution in [3.63, 3.8) is 0 Å². The molecule has 4 rings (SSSR count). The normalized spacial score (nSPS) is 10.9. The van der Waals surface area contributed by atoms with E-state index in [1.807, 2.05) is 47.8 Å². The maximum atomic E-state index is 12.6. The molecule has 0 fully saturated rings. The zero-order chi connectivity index (χ0) is 20.1. The molecule has 0 aliphatic rings. The molecule has 0 bridgehead atoms. The van der Waals surface area contributed by atoms with Gasteiger partial charge < -0.3 is 4.74 Å². The average Bonchev–Trinajstić information content (AvgIpc) is 3.51. The van der Waals surface area contributed by atoms with Crippen LogP contribution in [0.2, 0.25) is 0 Å². The lowest BCUT2D eigenvalue weighted by molar-refractivity contribution is 0.0442. The summed E-state index contributed by atoms with van der Waals surface area (Å²) in [5.74, 6) is 0.450. The maximum Gasteiger partial charge on any atom is 0.378 e. The Balaban J connectivity index is 1.56. The first-order valence-electron chi connectivity index (χ1n) is 9.24. The standard InChI is InChI=1S/C19H19N7O2S/c1-2-3-11-25-16(21-23-24-25)13-28-19(27)17-20-18(15-10-7-12-29-15)26(22-17)14-8-5-4-6-9-14/h4-10,12H,2-3,11,13H2,1H3. The van der Waals surface area contributed by atoms with Crippen molar-refractivity contribution in [2.45, 2.75) is 32.9 Å². The number of aryl methyl sites for hydroxylation is 1. The Bertz CT molecular complexity index is 1070. The third kappa shape index (κ3) is 4.21. The lowest BCUT2D eigenvalue weighted by Gasteiger charge is -2.04. The minimum absolute atomic E-state index is 0.00941. The molecule has 0 radical (unpaired) electrons. The number of rotatable bonds is 8. The van der Waals surface area contributed by atoms with Crippen LogP contribution >= 0.6 is 11.3 Å². The number of hydrogen-bond donors (Lipinski definition) is 0. The van der Waals surface area contributed by atoms with Gasteiger partial charge in [-0.15, -0.1) is 21.5 Å². The fourth-order valence-corrected chi connectivity index (χ4v) is 3.41. The minimum Gasteiger partial charge on any atom is -0.451 e. The highest BCUT2D eigenvalue weighted by Gasteiger charge is 2.21. The van der Waals surface area contributed by atoms with Gasteiger partial charge in [-0.3, -0.25) is 0 Å². The Morgan fingerprint density at radius 3 is 2.79 bits per heavy atom. The van der Waals surface area contributed by atoms with Gasteiger partial charge in [-0.2, -0.15) is 4.98 Å². The van der Waals surface area contributed by atoms with Crippen molar-refractivity contribution < 1.29 is 9.53 Å². The van der Waals surface area contributed by atoms with E-state index in [1.165, 1.54) is 11.3 Å². The Morgan fingerprint density at radius 1 is 1.17 bits per heavy atom. The van der Waals surface area contributed by atoms with Crippen LogP contribution in [0.25, 0.3) is 16.4 Å². The van der Waals surface area contributed by atoms with Gasteiger partial charge in [0.25, 0.3) is 5.82 Å². The number of benzene rings is 1. The summed E-state index contributed by atoms with van der Waals surface area (Å²) in [7, 11) is 0. The van der Waals surface area contributed by atoms with E-state index in [0.29, 0.717) is 18.2 Å². The van der Waals surface area contributed by atoms with Crippen LogP contribution in [0, 0.1) is 0 Å². The van der Waals surface area contributed by atoms with Gasteiger partial charge in [-0.1, -0.05) is 37.6 Å². The van der Waals surface area contributed by atoms with Crippen molar-refractivity contribution in [3.05, 3.63) is 59.5 Å². The van der Waals surface area contributed by atoms with E-state index in [2.05, 4.69) is 32.5 Å². The highest BCUT2D eigenvalue weighted by Crippen LogP contribution is 2.25. The number of nitrogens with zero attached hydrogens (tertiary/aromatic N) is 7. The molecule has 9 nitrogen and oxygen atoms in total. The Labute approximate surface area is 171 Å². The van der Waals surface area contributed by atoms with Crippen LogP contribution in [0.4, 0.5) is 0 Å². The van der Waals surface area contributed by atoms with Crippen LogP contribution < -0.4 is 0 Å². The summed E-state index contributed by atoms with van der Waals surface area (Å²) < 4.78 is 8.67. The van der Waals surface area contributed by atoms with Crippen molar-refractivity contribution >= 4 is 17.3 Å². The fourth-order valence-electron chi connectivity index (χ4n) is 2.72. The van der Waals surface area contributed by atoms with Crippen LogP contribution in [-0.2, 0) is 17.9 Å². The number of carbonyl (C=O) groups is 1. The molecule has 0 saturated carbocycles. The molecule has 10 heteroatoms. The minimum atomic E-state index is -0.623. The molecule has 3 heterocycles. The third-order valence-electron chi connectivity index (χ3n) is 4.19. The van der Waals surface area contributed by atoms with Gasteiger partial charge in [0.2, 0.25) is 0 Å². The summed E-state index contributed by atoms with van der Waals surface area (Å²) in [6, 6.07) is 13.4. The van der Waals surface area contributed by atoms with Crippen molar-refractivity contribution in [1.29, 1.82) is 0 Å². The van der Waals surface area contributed by atoms with Crippen molar-refractivity contribution in [2.24, 2.45) is 0 Å². The SMILES string of the molecule is CCCCn1nnnc1COC(=O)c1nc(-c2cccs2)n(-c2ccccc2)n1. The number of tetrazole rings is 1. The average molecular weight is 409 g/mol. The first kappa shape index (κ1) is 18.9. The lowest BCUT2D eigenvalue weighted by atomic mass is 10.3. The molecular formula is C19H19N7O2S. The summed E-state index contributed by atoms with van der Waals surface area (Å²) in [5.41, 5.74) is 0.811. The van der Waals surface area contributed by atoms with Crippen molar-refractivity contribution in [2.75, 3.05) is 0 Å². The fraction of sp³-hybridized carbons (Fsp3) is 0.263. The van der Waals surface area contributed by atoms with Crippen molar-refractivity contribution in [1.82, 2.24) is 35.0 Å². The Kier molecular flexibility index (Phi) is 5.71. The van der Waals surface area contributed by atoms with Gasteiger partial charge in [-0.05, 0) is 40.4 Å². The molecule has 0 aliphatic heterocycles. The molecule has 0 amide bonds. The molecule has 29 heavy (non-hydrogen) atoms. The summed E-state index contributed by atoms with van der Waals surface area (Å²) in [5, 5.41) is 17.8. The number of unbranched alkanes of at least 4 members (excludes halogenated alkanes) is 1. The highest BCUT2D eigenvalue weighted by molar-refractivity contribution is 7.13. The highest BCUT2D eigenvalue weighted by atomic mass is 32.1. The predicted octanol–water partition coefficient (Wildman–Crippen LogP) is 3.14. The number of esters is 1. The Hall–Kier alpha value is -3.40. The third-order valence-corrected chi connectivity index (χ3v) is 5.06. The largest absolute Gasteiger partial charge is 0.451 e. The second-order valence-electron chi connectivity index (χ2n) is 6.23. The predicted molar refractivity (Wildman–Crippen MR) is 107 cm³/mol. The quantitative estimate of drug-likeness (QED) is 0.412.